The van der Waals surface area contributed by atoms with E-state index in [0.29, 0.717) is 12.3 Å². The van der Waals surface area contributed by atoms with Gasteiger partial charge in [0.25, 0.3) is 0 Å². The molecule has 0 radical (unpaired) electrons. The highest BCUT2D eigenvalue weighted by Crippen LogP contribution is 2.20. The van der Waals surface area contributed by atoms with E-state index in [9.17, 15) is 12.3 Å². The summed E-state index contributed by atoms with van der Waals surface area (Å²) in [6.45, 7) is 1.99. The van der Waals surface area contributed by atoms with Crippen LogP contribution in [-0.4, -0.2) is 39.2 Å². The molecule has 5 heteroatoms. The zero-order valence-electron chi connectivity index (χ0n) is 7.87. The van der Waals surface area contributed by atoms with E-state index in [1.165, 1.54) is 0 Å². The van der Waals surface area contributed by atoms with Crippen molar-refractivity contribution in [1.29, 1.82) is 0 Å². The van der Waals surface area contributed by atoms with E-state index >= 15 is 0 Å². The largest absolute Gasteiger partial charge is 0.306 e. The molecule has 3 nitrogen and oxygen atoms in total. The van der Waals surface area contributed by atoms with Gasteiger partial charge >= 0.3 is 10.2 Å². The molecule has 0 spiro atoms. The third-order valence-corrected chi connectivity index (χ3v) is 3.33. The van der Waals surface area contributed by atoms with E-state index < -0.39 is 10.2 Å². The Bertz CT molecular complexity index is 245. The number of piperidine rings is 1. The van der Waals surface area contributed by atoms with Crippen LogP contribution >= 0.6 is 0 Å². The molecule has 0 aromatic rings. The van der Waals surface area contributed by atoms with Crippen LogP contribution in [0.25, 0.3) is 0 Å². The maximum absolute atomic E-state index is 12.2. The highest BCUT2D eigenvalue weighted by molar-refractivity contribution is 7.86. The Morgan fingerprint density at radius 3 is 2.38 bits per heavy atom. The molecule has 1 aliphatic rings. The molecular weight excluding hydrogens is 193 g/mol. The van der Waals surface area contributed by atoms with Gasteiger partial charge in [-0.3, -0.25) is 0 Å². The molecule has 0 saturated carbocycles. The zero-order valence-corrected chi connectivity index (χ0v) is 8.69. The summed E-state index contributed by atoms with van der Waals surface area (Å²) in [6.07, 6.45) is 2.46. The molecule has 1 aliphatic heterocycles. The van der Waals surface area contributed by atoms with Crippen LogP contribution in [0.4, 0.5) is 3.89 Å². The summed E-state index contributed by atoms with van der Waals surface area (Å²) in [5.74, 6) is 0.0863. The Morgan fingerprint density at radius 1 is 1.38 bits per heavy atom. The minimum atomic E-state index is -4.25. The van der Waals surface area contributed by atoms with Gasteiger partial charge < -0.3 is 4.90 Å². The van der Waals surface area contributed by atoms with E-state index in [2.05, 4.69) is 4.90 Å². The van der Waals surface area contributed by atoms with E-state index in [-0.39, 0.29) is 5.75 Å². The van der Waals surface area contributed by atoms with E-state index in [4.69, 9.17) is 0 Å². The summed E-state index contributed by atoms with van der Waals surface area (Å²) in [7, 11) is -2.21. The lowest BCUT2D eigenvalue weighted by atomic mass is 9.95. The van der Waals surface area contributed by atoms with E-state index in [1.807, 2.05) is 7.05 Å². The lowest BCUT2D eigenvalue weighted by Crippen LogP contribution is -2.30. The maximum Gasteiger partial charge on any atom is 0.302 e. The van der Waals surface area contributed by atoms with Crippen LogP contribution < -0.4 is 0 Å². The van der Waals surface area contributed by atoms with E-state index in [0.717, 1.165) is 25.9 Å². The number of hydrogen-bond donors (Lipinski definition) is 0. The smallest absolute Gasteiger partial charge is 0.302 e. The summed E-state index contributed by atoms with van der Waals surface area (Å²) in [5.41, 5.74) is 0. The second kappa shape index (κ2) is 4.37. The normalized spacial score (nSPS) is 22.0. The second-order valence-corrected chi connectivity index (χ2v) is 5.26. The van der Waals surface area contributed by atoms with Crippen molar-refractivity contribution < 1.29 is 12.3 Å². The Hall–Kier alpha value is -0.160. The third kappa shape index (κ3) is 4.57. The van der Waals surface area contributed by atoms with Crippen LogP contribution in [0.2, 0.25) is 0 Å². The second-order valence-electron chi connectivity index (χ2n) is 3.78. The molecule has 1 saturated heterocycles. The van der Waals surface area contributed by atoms with Crippen molar-refractivity contribution in [2.75, 3.05) is 25.9 Å². The predicted molar refractivity (Wildman–Crippen MR) is 49.7 cm³/mol. The predicted octanol–water partition coefficient (Wildman–Crippen LogP) is 1.02. The van der Waals surface area contributed by atoms with Crippen LogP contribution in [-0.2, 0) is 10.2 Å². The minimum absolute atomic E-state index is 0.304. The topological polar surface area (TPSA) is 37.4 Å². The first-order valence-electron chi connectivity index (χ1n) is 4.58. The van der Waals surface area contributed by atoms with Gasteiger partial charge in [0, 0.05) is 0 Å². The molecule has 0 unspecified atom stereocenters. The van der Waals surface area contributed by atoms with Gasteiger partial charge in [-0.25, -0.2) is 0 Å². The Kier molecular flexibility index (Phi) is 3.67. The highest BCUT2D eigenvalue weighted by atomic mass is 32.3. The monoisotopic (exact) mass is 209 g/mol. The van der Waals surface area contributed by atoms with Crippen molar-refractivity contribution in [2.24, 2.45) is 5.92 Å². The fourth-order valence-electron chi connectivity index (χ4n) is 1.66. The maximum atomic E-state index is 12.2. The summed E-state index contributed by atoms with van der Waals surface area (Å²) in [4.78, 5) is 2.21. The molecule has 13 heavy (non-hydrogen) atoms. The molecule has 1 rings (SSSR count). The van der Waals surface area contributed by atoms with Crippen LogP contribution in [0.3, 0.4) is 0 Å². The molecule has 0 bridgehead atoms. The van der Waals surface area contributed by atoms with Gasteiger partial charge in [0.2, 0.25) is 0 Å². The van der Waals surface area contributed by atoms with Gasteiger partial charge in [-0.1, -0.05) is 0 Å². The molecule has 1 fully saturated rings. The number of likely N-dealkylation sites (tertiary alicyclic amines) is 1. The number of rotatable bonds is 3. The van der Waals surface area contributed by atoms with Gasteiger partial charge in [-0.15, -0.1) is 3.89 Å². The number of nitrogens with zero attached hydrogens (tertiary/aromatic N) is 1. The number of halogens is 1. The quantitative estimate of drug-likeness (QED) is 0.651. The average molecular weight is 209 g/mol. The van der Waals surface area contributed by atoms with Crippen molar-refractivity contribution in [1.82, 2.24) is 4.90 Å². The fraction of sp³-hybridized carbons (Fsp3) is 1.00. The molecule has 0 aliphatic carbocycles. The third-order valence-electron chi connectivity index (χ3n) is 2.61. The van der Waals surface area contributed by atoms with Crippen LogP contribution in [0.5, 0.6) is 0 Å². The summed E-state index contributed by atoms with van der Waals surface area (Å²) in [6, 6.07) is 0. The highest BCUT2D eigenvalue weighted by Gasteiger charge is 2.19. The van der Waals surface area contributed by atoms with E-state index in [1.54, 1.807) is 0 Å². The average Bonchev–Trinajstić information content (AvgIpc) is 2.02. The lowest BCUT2D eigenvalue weighted by molar-refractivity contribution is 0.216. The van der Waals surface area contributed by atoms with Crippen molar-refractivity contribution >= 4 is 10.2 Å². The van der Waals surface area contributed by atoms with Gasteiger partial charge in [-0.2, -0.15) is 8.42 Å². The Balaban J connectivity index is 2.24. The SMILES string of the molecule is CN1CCC(CCS(=O)(=O)F)CC1. The number of hydrogen-bond acceptors (Lipinski definition) is 3. The summed E-state index contributed by atoms with van der Waals surface area (Å²) in [5, 5.41) is 0. The molecule has 0 aromatic carbocycles. The summed E-state index contributed by atoms with van der Waals surface area (Å²) >= 11 is 0. The molecular formula is C8H16FNO2S. The fourth-order valence-corrected chi connectivity index (χ4v) is 2.27. The lowest BCUT2D eigenvalue weighted by Gasteiger charge is -2.28. The first kappa shape index (κ1) is 10.9. The van der Waals surface area contributed by atoms with Gasteiger partial charge in [0.1, 0.15) is 0 Å². The van der Waals surface area contributed by atoms with Crippen LogP contribution in [0.15, 0.2) is 0 Å². The van der Waals surface area contributed by atoms with Gasteiger partial charge in [-0.05, 0) is 45.3 Å². The van der Waals surface area contributed by atoms with Crippen molar-refractivity contribution in [3.05, 3.63) is 0 Å². The van der Waals surface area contributed by atoms with Crippen LogP contribution in [0, 0.1) is 5.92 Å². The molecule has 0 amide bonds. The molecule has 78 valence electrons. The van der Waals surface area contributed by atoms with Crippen molar-refractivity contribution in [3.63, 3.8) is 0 Å². The molecule has 0 aromatic heterocycles. The standard InChI is InChI=1S/C8H16FNO2S/c1-10-5-2-8(3-6-10)4-7-13(9,11)12/h8H,2-7H2,1H3. The summed E-state index contributed by atoms with van der Waals surface area (Å²) < 4.78 is 32.7. The molecule has 1 heterocycles. The Labute approximate surface area is 79.1 Å². The molecule has 0 atom stereocenters. The van der Waals surface area contributed by atoms with Crippen molar-refractivity contribution in [2.45, 2.75) is 19.3 Å². The first-order valence-corrected chi connectivity index (χ1v) is 6.13. The Morgan fingerprint density at radius 2 is 1.92 bits per heavy atom. The minimum Gasteiger partial charge on any atom is -0.306 e. The molecule has 0 N–H and O–H groups in total. The first-order chi connectivity index (χ1) is 5.97. The zero-order chi connectivity index (χ0) is 9.90. The van der Waals surface area contributed by atoms with Gasteiger partial charge in [0.05, 0.1) is 5.75 Å². The van der Waals surface area contributed by atoms with Gasteiger partial charge in [0.15, 0.2) is 0 Å². The van der Waals surface area contributed by atoms with Crippen LogP contribution in [0.1, 0.15) is 19.3 Å². The van der Waals surface area contributed by atoms with Crippen molar-refractivity contribution in [3.8, 4) is 0 Å².